The van der Waals surface area contributed by atoms with Crippen molar-refractivity contribution in [3.63, 3.8) is 0 Å². The second-order valence-corrected chi connectivity index (χ2v) is 5.85. The molecule has 2 aliphatic rings. The summed E-state index contributed by atoms with van der Waals surface area (Å²) in [6.07, 6.45) is 6.02. The van der Waals surface area contributed by atoms with E-state index in [0.717, 1.165) is 24.3 Å². The fourth-order valence-corrected chi connectivity index (χ4v) is 2.96. The summed E-state index contributed by atoms with van der Waals surface area (Å²) < 4.78 is 0. The number of hydrogen-bond acceptors (Lipinski definition) is 2. The molecule has 3 unspecified atom stereocenters. The SMILES string of the molecule is CC(C)C1CCC(O)C(N(C)C2CC2)C1. The van der Waals surface area contributed by atoms with E-state index in [0.29, 0.717) is 6.04 Å². The number of rotatable bonds is 3. The highest BCUT2D eigenvalue weighted by atomic mass is 16.3. The molecule has 0 aliphatic heterocycles. The first-order valence-corrected chi connectivity index (χ1v) is 6.49. The highest BCUT2D eigenvalue weighted by Gasteiger charge is 2.38. The summed E-state index contributed by atoms with van der Waals surface area (Å²) in [7, 11) is 2.20. The van der Waals surface area contributed by atoms with Crippen LogP contribution in [0.1, 0.15) is 46.0 Å². The average Bonchev–Trinajstić information content (AvgIpc) is 3.00. The van der Waals surface area contributed by atoms with Crippen LogP contribution in [0, 0.1) is 11.8 Å². The molecule has 0 heterocycles. The quantitative estimate of drug-likeness (QED) is 0.774. The Balaban J connectivity index is 1.95. The van der Waals surface area contributed by atoms with Crippen LogP contribution in [-0.4, -0.2) is 35.2 Å². The molecule has 0 radical (unpaired) electrons. The van der Waals surface area contributed by atoms with Gasteiger partial charge in [-0.1, -0.05) is 13.8 Å². The molecule has 88 valence electrons. The maximum atomic E-state index is 10.1. The second-order valence-electron chi connectivity index (χ2n) is 5.85. The normalized spacial score (nSPS) is 37.6. The summed E-state index contributed by atoms with van der Waals surface area (Å²) in [4.78, 5) is 2.44. The Bertz CT molecular complexity index is 213. The van der Waals surface area contributed by atoms with Crippen molar-refractivity contribution >= 4 is 0 Å². The molecule has 0 aromatic heterocycles. The molecular weight excluding hydrogens is 186 g/mol. The van der Waals surface area contributed by atoms with Crippen LogP contribution in [-0.2, 0) is 0 Å². The second kappa shape index (κ2) is 4.42. The zero-order chi connectivity index (χ0) is 11.0. The summed E-state index contributed by atoms with van der Waals surface area (Å²) in [5.41, 5.74) is 0. The Hall–Kier alpha value is -0.0800. The zero-order valence-corrected chi connectivity index (χ0v) is 10.3. The van der Waals surface area contributed by atoms with Gasteiger partial charge >= 0.3 is 0 Å². The minimum atomic E-state index is -0.0781. The summed E-state index contributed by atoms with van der Waals surface area (Å²) in [6.45, 7) is 4.63. The molecular formula is C13H25NO. The van der Waals surface area contributed by atoms with Gasteiger partial charge in [-0.2, -0.15) is 0 Å². The van der Waals surface area contributed by atoms with E-state index < -0.39 is 0 Å². The summed E-state index contributed by atoms with van der Waals surface area (Å²) in [5, 5.41) is 10.1. The molecule has 0 aromatic rings. The Morgan fingerprint density at radius 3 is 2.33 bits per heavy atom. The first-order chi connectivity index (χ1) is 7.09. The number of likely N-dealkylation sites (N-methyl/N-ethyl adjacent to an activating group) is 1. The lowest BCUT2D eigenvalue weighted by atomic mass is 9.77. The predicted octanol–water partition coefficient (Wildman–Crippen LogP) is 2.27. The van der Waals surface area contributed by atoms with E-state index in [1.807, 2.05) is 0 Å². The Morgan fingerprint density at radius 1 is 1.13 bits per heavy atom. The third kappa shape index (κ3) is 2.54. The van der Waals surface area contributed by atoms with Crippen molar-refractivity contribution in [3.05, 3.63) is 0 Å². The molecule has 2 rings (SSSR count). The van der Waals surface area contributed by atoms with Crippen LogP contribution in [0.4, 0.5) is 0 Å². The standard InChI is InChI=1S/C13H25NO/c1-9(2)10-4-7-13(15)12(8-10)14(3)11-5-6-11/h9-13,15H,4-8H2,1-3H3. The average molecular weight is 211 g/mol. The molecule has 0 aromatic carbocycles. The highest BCUT2D eigenvalue weighted by Crippen LogP contribution is 2.36. The Kier molecular flexibility index (Phi) is 3.36. The largest absolute Gasteiger partial charge is 0.391 e. The first kappa shape index (κ1) is 11.4. The smallest absolute Gasteiger partial charge is 0.0695 e. The van der Waals surface area contributed by atoms with Gasteiger partial charge in [0.15, 0.2) is 0 Å². The van der Waals surface area contributed by atoms with E-state index in [-0.39, 0.29) is 6.10 Å². The van der Waals surface area contributed by atoms with E-state index in [2.05, 4.69) is 25.8 Å². The molecule has 2 nitrogen and oxygen atoms in total. The Morgan fingerprint density at radius 2 is 1.80 bits per heavy atom. The van der Waals surface area contributed by atoms with Crippen molar-refractivity contribution in [1.29, 1.82) is 0 Å². The summed E-state index contributed by atoms with van der Waals surface area (Å²) in [5.74, 6) is 1.59. The molecule has 0 bridgehead atoms. The molecule has 0 amide bonds. The molecule has 3 atom stereocenters. The maximum Gasteiger partial charge on any atom is 0.0695 e. The van der Waals surface area contributed by atoms with Crippen molar-refractivity contribution in [3.8, 4) is 0 Å². The molecule has 0 saturated heterocycles. The van der Waals surface area contributed by atoms with Crippen LogP contribution in [0.25, 0.3) is 0 Å². The van der Waals surface area contributed by atoms with E-state index in [1.165, 1.54) is 25.7 Å². The maximum absolute atomic E-state index is 10.1. The number of aliphatic hydroxyl groups is 1. The van der Waals surface area contributed by atoms with Gasteiger partial charge in [0.1, 0.15) is 0 Å². The molecule has 2 heteroatoms. The van der Waals surface area contributed by atoms with Gasteiger partial charge in [-0.05, 0) is 51.0 Å². The van der Waals surface area contributed by atoms with Gasteiger partial charge < -0.3 is 5.11 Å². The van der Waals surface area contributed by atoms with Gasteiger partial charge in [0.2, 0.25) is 0 Å². The van der Waals surface area contributed by atoms with E-state index in [9.17, 15) is 5.11 Å². The topological polar surface area (TPSA) is 23.5 Å². The molecule has 2 fully saturated rings. The summed E-state index contributed by atoms with van der Waals surface area (Å²) >= 11 is 0. The van der Waals surface area contributed by atoms with Gasteiger partial charge in [-0.25, -0.2) is 0 Å². The number of hydrogen-bond donors (Lipinski definition) is 1. The zero-order valence-electron chi connectivity index (χ0n) is 10.3. The molecule has 0 spiro atoms. The molecule has 15 heavy (non-hydrogen) atoms. The van der Waals surface area contributed by atoms with Gasteiger partial charge in [0, 0.05) is 12.1 Å². The van der Waals surface area contributed by atoms with Crippen molar-refractivity contribution in [2.45, 2.75) is 64.1 Å². The van der Waals surface area contributed by atoms with Gasteiger partial charge in [-0.3, -0.25) is 4.90 Å². The van der Waals surface area contributed by atoms with Gasteiger partial charge in [-0.15, -0.1) is 0 Å². The third-order valence-corrected chi connectivity index (χ3v) is 4.41. The lowest BCUT2D eigenvalue weighted by Crippen LogP contribution is -2.47. The van der Waals surface area contributed by atoms with Crippen molar-refractivity contribution in [2.24, 2.45) is 11.8 Å². The minimum absolute atomic E-state index is 0.0781. The van der Waals surface area contributed by atoms with Gasteiger partial charge in [0.25, 0.3) is 0 Å². The third-order valence-electron chi connectivity index (χ3n) is 4.41. The van der Waals surface area contributed by atoms with E-state index in [1.54, 1.807) is 0 Å². The monoisotopic (exact) mass is 211 g/mol. The molecule has 2 aliphatic carbocycles. The molecule has 2 saturated carbocycles. The van der Waals surface area contributed by atoms with Crippen LogP contribution in [0.5, 0.6) is 0 Å². The number of aliphatic hydroxyl groups excluding tert-OH is 1. The fraction of sp³-hybridized carbons (Fsp3) is 1.00. The van der Waals surface area contributed by atoms with Crippen LogP contribution in [0.2, 0.25) is 0 Å². The van der Waals surface area contributed by atoms with Crippen molar-refractivity contribution < 1.29 is 5.11 Å². The predicted molar refractivity (Wildman–Crippen MR) is 62.8 cm³/mol. The van der Waals surface area contributed by atoms with Crippen molar-refractivity contribution in [2.75, 3.05) is 7.05 Å². The number of nitrogens with zero attached hydrogens (tertiary/aromatic N) is 1. The Labute approximate surface area is 93.7 Å². The lowest BCUT2D eigenvalue weighted by molar-refractivity contribution is 0.00300. The van der Waals surface area contributed by atoms with Crippen LogP contribution in [0.3, 0.4) is 0 Å². The first-order valence-electron chi connectivity index (χ1n) is 6.49. The molecule has 1 N–H and O–H groups in total. The van der Waals surface area contributed by atoms with Crippen LogP contribution < -0.4 is 0 Å². The van der Waals surface area contributed by atoms with E-state index in [4.69, 9.17) is 0 Å². The summed E-state index contributed by atoms with van der Waals surface area (Å²) in [6, 6.07) is 1.20. The minimum Gasteiger partial charge on any atom is -0.391 e. The van der Waals surface area contributed by atoms with Crippen molar-refractivity contribution in [1.82, 2.24) is 4.90 Å². The van der Waals surface area contributed by atoms with E-state index >= 15 is 0 Å². The van der Waals surface area contributed by atoms with Crippen LogP contribution in [0.15, 0.2) is 0 Å². The fourth-order valence-electron chi connectivity index (χ4n) is 2.96. The van der Waals surface area contributed by atoms with Crippen LogP contribution >= 0.6 is 0 Å². The lowest BCUT2D eigenvalue weighted by Gasteiger charge is -2.40. The van der Waals surface area contributed by atoms with Gasteiger partial charge in [0.05, 0.1) is 6.10 Å². The highest BCUT2D eigenvalue weighted by molar-refractivity contribution is 4.93.